The Balaban J connectivity index is 2.65. The van der Waals surface area contributed by atoms with Gasteiger partial charge in [-0.15, -0.1) is 0 Å². The molecule has 0 aliphatic carbocycles. The molecule has 0 saturated carbocycles. The van der Waals surface area contributed by atoms with Crippen molar-refractivity contribution in [3.05, 3.63) is 35.4 Å². The molecule has 5 nitrogen and oxygen atoms in total. The van der Waals surface area contributed by atoms with Crippen LogP contribution in [0, 0.1) is 12.5 Å². The topological polar surface area (TPSA) is 84.5 Å². The Morgan fingerprint density at radius 1 is 1.33 bits per heavy atom. The summed E-state index contributed by atoms with van der Waals surface area (Å²) in [6.45, 7) is 1.97. The summed E-state index contributed by atoms with van der Waals surface area (Å²) in [5.74, 6) is -0.113. The summed E-state index contributed by atoms with van der Waals surface area (Å²) in [7, 11) is -3.57. The molecule has 0 unspecified atom stereocenters. The van der Waals surface area contributed by atoms with Crippen LogP contribution in [0.15, 0.2) is 28.8 Å². The Morgan fingerprint density at radius 3 is 2.47 bits per heavy atom. The lowest BCUT2D eigenvalue weighted by molar-refractivity contribution is 0.593. The molecule has 0 radical (unpaired) electrons. The minimum Gasteiger partial charge on any atom is -0.198 e. The SMILES string of the molecule is Cc1ccc(CCS(=O)(=O)N=[N+]=N)cc1. The van der Waals surface area contributed by atoms with E-state index in [1.165, 1.54) is 0 Å². The maximum absolute atomic E-state index is 11.1. The second-order valence-electron chi connectivity index (χ2n) is 3.20. The van der Waals surface area contributed by atoms with Crippen LogP contribution in [0.3, 0.4) is 0 Å². The van der Waals surface area contributed by atoms with Gasteiger partial charge >= 0.3 is 10.0 Å². The first-order valence-electron chi connectivity index (χ1n) is 4.40. The van der Waals surface area contributed by atoms with Gasteiger partial charge in [-0.1, -0.05) is 29.8 Å². The van der Waals surface area contributed by atoms with Gasteiger partial charge in [-0.05, 0) is 18.9 Å². The van der Waals surface area contributed by atoms with Crippen LogP contribution in [0.2, 0.25) is 0 Å². The molecule has 0 heterocycles. The Morgan fingerprint density at radius 2 is 1.93 bits per heavy atom. The van der Waals surface area contributed by atoms with Gasteiger partial charge in [-0.25, -0.2) is 0 Å². The molecule has 0 atom stereocenters. The first-order valence-corrected chi connectivity index (χ1v) is 6.01. The number of hydrogen-bond donors (Lipinski definition) is 1. The first-order chi connectivity index (χ1) is 7.03. The smallest absolute Gasteiger partial charge is 0.198 e. The third-order valence-electron chi connectivity index (χ3n) is 1.93. The van der Waals surface area contributed by atoms with Crippen LogP contribution >= 0.6 is 0 Å². The van der Waals surface area contributed by atoms with E-state index >= 15 is 0 Å². The van der Waals surface area contributed by atoms with E-state index in [0.29, 0.717) is 6.42 Å². The average molecular weight is 226 g/mol. The maximum Gasteiger partial charge on any atom is 0.327 e. The number of nitrogens with one attached hydrogen (secondary N) is 1. The zero-order valence-corrected chi connectivity index (χ0v) is 9.16. The van der Waals surface area contributed by atoms with E-state index in [4.69, 9.17) is 5.53 Å². The molecule has 0 saturated heterocycles. The highest BCUT2D eigenvalue weighted by molar-refractivity contribution is 7.89. The lowest BCUT2D eigenvalue weighted by Crippen LogP contribution is -2.05. The molecule has 1 N–H and O–H groups in total. The molecule has 0 fully saturated rings. The van der Waals surface area contributed by atoms with E-state index in [1.807, 2.05) is 31.2 Å². The molecule has 1 aromatic rings. The van der Waals surface area contributed by atoms with E-state index in [0.717, 1.165) is 11.1 Å². The number of sulfonamides is 1. The molecule has 80 valence electrons. The van der Waals surface area contributed by atoms with E-state index in [-0.39, 0.29) is 5.75 Å². The predicted octanol–water partition coefficient (Wildman–Crippen LogP) is 1.42. The summed E-state index contributed by atoms with van der Waals surface area (Å²) in [5, 5.41) is 0. The van der Waals surface area contributed by atoms with Crippen molar-refractivity contribution < 1.29 is 8.42 Å². The first kappa shape index (κ1) is 11.6. The van der Waals surface area contributed by atoms with Crippen molar-refractivity contribution in [1.82, 2.24) is 4.91 Å². The number of benzene rings is 1. The highest BCUT2D eigenvalue weighted by atomic mass is 32.2. The van der Waals surface area contributed by atoms with Crippen molar-refractivity contribution in [3.63, 3.8) is 0 Å². The molecule has 0 aliphatic rings. The molecular formula is C9H12N3O2S+. The molecule has 1 rings (SSSR count). The van der Waals surface area contributed by atoms with Gasteiger partial charge in [0.1, 0.15) is 5.53 Å². The van der Waals surface area contributed by atoms with Gasteiger partial charge in [0, 0.05) is 0 Å². The predicted molar refractivity (Wildman–Crippen MR) is 56.0 cm³/mol. The summed E-state index contributed by atoms with van der Waals surface area (Å²) in [4.78, 5) is 2.52. The molecule has 0 bridgehead atoms. The zero-order chi connectivity index (χ0) is 11.3. The summed E-state index contributed by atoms with van der Waals surface area (Å²) in [6.07, 6.45) is 0.391. The summed E-state index contributed by atoms with van der Waals surface area (Å²) >= 11 is 0. The van der Waals surface area contributed by atoms with Crippen LogP contribution in [0.1, 0.15) is 11.1 Å². The van der Waals surface area contributed by atoms with E-state index < -0.39 is 10.0 Å². The number of hydrogen-bond acceptors (Lipinski definition) is 3. The lowest BCUT2D eigenvalue weighted by Gasteiger charge is -1.98. The average Bonchev–Trinajstić information content (AvgIpc) is 2.17. The molecule has 1 aromatic carbocycles. The van der Waals surface area contributed by atoms with Crippen LogP contribution in [-0.4, -0.2) is 14.2 Å². The molecular weight excluding hydrogens is 214 g/mol. The van der Waals surface area contributed by atoms with Crippen molar-refractivity contribution in [3.8, 4) is 0 Å². The monoisotopic (exact) mass is 226 g/mol. The normalized spacial score (nSPS) is 10.7. The largest absolute Gasteiger partial charge is 0.327 e. The minimum atomic E-state index is -3.57. The van der Waals surface area contributed by atoms with Gasteiger partial charge in [0.15, 0.2) is 0 Å². The fraction of sp³-hybridized carbons (Fsp3) is 0.333. The zero-order valence-electron chi connectivity index (χ0n) is 8.34. The van der Waals surface area contributed by atoms with Crippen LogP contribution in [0.4, 0.5) is 0 Å². The Kier molecular flexibility index (Phi) is 3.71. The van der Waals surface area contributed by atoms with Gasteiger partial charge in [0.2, 0.25) is 4.91 Å². The van der Waals surface area contributed by atoms with Crippen LogP contribution in [-0.2, 0) is 16.4 Å². The second-order valence-corrected chi connectivity index (χ2v) is 4.94. The number of nitrogens with zero attached hydrogens (tertiary/aromatic N) is 2. The highest BCUT2D eigenvalue weighted by Crippen LogP contribution is 2.05. The van der Waals surface area contributed by atoms with Crippen molar-refractivity contribution in [2.45, 2.75) is 13.3 Å². The molecule has 0 aliphatic heterocycles. The molecule has 15 heavy (non-hydrogen) atoms. The van der Waals surface area contributed by atoms with Crippen molar-refractivity contribution in [2.24, 2.45) is 4.52 Å². The summed E-state index contributed by atoms with van der Waals surface area (Å²) < 4.78 is 25.0. The standard InChI is InChI=1S/C9H12N3O2S/c1-8-2-4-9(5-3-8)6-7-15(13,14)12-11-10/h2-5,10H,6-7H2,1H3/q+1. The van der Waals surface area contributed by atoms with Gasteiger partial charge in [-0.2, -0.15) is 8.42 Å². The fourth-order valence-electron chi connectivity index (χ4n) is 1.10. The highest BCUT2D eigenvalue weighted by Gasteiger charge is 2.14. The third-order valence-corrected chi connectivity index (χ3v) is 2.99. The summed E-state index contributed by atoms with van der Waals surface area (Å²) in [6, 6.07) is 7.60. The second kappa shape index (κ2) is 4.82. The van der Waals surface area contributed by atoms with Gasteiger partial charge in [-0.3, -0.25) is 0 Å². The molecule has 6 heteroatoms. The summed E-state index contributed by atoms with van der Waals surface area (Å²) in [5.41, 5.74) is 8.42. The quantitative estimate of drug-likeness (QED) is 0.622. The van der Waals surface area contributed by atoms with Crippen molar-refractivity contribution >= 4 is 10.0 Å². The minimum absolute atomic E-state index is 0.113. The van der Waals surface area contributed by atoms with E-state index in [1.54, 1.807) is 0 Å². The molecule has 0 spiro atoms. The Labute approximate surface area is 88.4 Å². The number of rotatable bonds is 4. The Bertz CT molecular complexity index is 473. The van der Waals surface area contributed by atoms with Gasteiger partial charge < -0.3 is 0 Å². The van der Waals surface area contributed by atoms with Crippen molar-refractivity contribution in [1.29, 1.82) is 5.53 Å². The van der Waals surface area contributed by atoms with Gasteiger partial charge in [0.25, 0.3) is 4.52 Å². The van der Waals surface area contributed by atoms with E-state index in [9.17, 15) is 8.42 Å². The molecule has 0 aromatic heterocycles. The van der Waals surface area contributed by atoms with E-state index in [2.05, 4.69) is 9.43 Å². The van der Waals surface area contributed by atoms with Crippen LogP contribution in [0.25, 0.3) is 0 Å². The van der Waals surface area contributed by atoms with Crippen molar-refractivity contribution in [2.75, 3.05) is 5.75 Å². The third kappa shape index (κ3) is 4.01. The number of aryl methyl sites for hydroxylation is 2. The fourth-order valence-corrected chi connectivity index (χ4v) is 1.80. The van der Waals surface area contributed by atoms with Gasteiger partial charge in [0.05, 0.1) is 5.75 Å². The van der Waals surface area contributed by atoms with Crippen LogP contribution in [0.5, 0.6) is 0 Å². The lowest BCUT2D eigenvalue weighted by atomic mass is 10.1. The van der Waals surface area contributed by atoms with Crippen LogP contribution < -0.4 is 4.91 Å². The molecule has 0 amide bonds. The Hall–Kier alpha value is -1.52. The maximum atomic E-state index is 11.1.